The number of carbonyl (C=O) groups is 2. The van der Waals surface area contributed by atoms with E-state index in [1.807, 2.05) is 0 Å². The maximum Gasteiger partial charge on any atom is 0.317 e. The standard InChI is InChI=1S/C19H36O4/c1-5-9-11-16(7-3)14-22-18(20)13-19(21)23-15-17(8-4)12-10-6-2/h16-17H,5-15H2,1-4H3. The van der Waals surface area contributed by atoms with Crippen LogP contribution in [-0.2, 0) is 19.1 Å². The van der Waals surface area contributed by atoms with Crippen molar-refractivity contribution in [1.82, 2.24) is 0 Å². The van der Waals surface area contributed by atoms with Gasteiger partial charge in [0.2, 0.25) is 0 Å². The van der Waals surface area contributed by atoms with E-state index in [-0.39, 0.29) is 6.42 Å². The molecule has 4 heteroatoms. The van der Waals surface area contributed by atoms with Crippen LogP contribution in [0.2, 0.25) is 0 Å². The van der Waals surface area contributed by atoms with E-state index in [1.54, 1.807) is 0 Å². The molecule has 0 amide bonds. The van der Waals surface area contributed by atoms with Crippen LogP contribution >= 0.6 is 0 Å². The Morgan fingerprint density at radius 1 is 0.739 bits per heavy atom. The molecule has 0 fully saturated rings. The van der Waals surface area contributed by atoms with Gasteiger partial charge in [-0.1, -0.05) is 66.2 Å². The molecule has 0 spiro atoms. The topological polar surface area (TPSA) is 52.6 Å². The van der Waals surface area contributed by atoms with Crippen LogP contribution < -0.4 is 0 Å². The van der Waals surface area contributed by atoms with Crippen molar-refractivity contribution < 1.29 is 19.1 Å². The van der Waals surface area contributed by atoms with Crippen molar-refractivity contribution >= 4 is 11.9 Å². The van der Waals surface area contributed by atoms with Crippen LogP contribution in [0.3, 0.4) is 0 Å². The zero-order valence-electron chi connectivity index (χ0n) is 15.6. The molecule has 0 N–H and O–H groups in total. The lowest BCUT2D eigenvalue weighted by Gasteiger charge is -2.16. The maximum absolute atomic E-state index is 11.7. The quantitative estimate of drug-likeness (QED) is 0.336. The lowest BCUT2D eigenvalue weighted by molar-refractivity contribution is -0.156. The van der Waals surface area contributed by atoms with Gasteiger partial charge in [0, 0.05) is 0 Å². The monoisotopic (exact) mass is 328 g/mol. The molecule has 23 heavy (non-hydrogen) atoms. The van der Waals surface area contributed by atoms with E-state index in [9.17, 15) is 9.59 Å². The average molecular weight is 328 g/mol. The van der Waals surface area contributed by atoms with Crippen molar-refractivity contribution in [3.8, 4) is 0 Å². The van der Waals surface area contributed by atoms with Gasteiger partial charge in [-0.15, -0.1) is 0 Å². The van der Waals surface area contributed by atoms with E-state index in [4.69, 9.17) is 9.47 Å². The first kappa shape index (κ1) is 21.9. The van der Waals surface area contributed by atoms with Gasteiger partial charge in [-0.3, -0.25) is 9.59 Å². The van der Waals surface area contributed by atoms with Gasteiger partial charge in [-0.05, 0) is 24.7 Å². The van der Waals surface area contributed by atoms with Gasteiger partial charge in [0.1, 0.15) is 6.42 Å². The Hall–Kier alpha value is -1.06. The van der Waals surface area contributed by atoms with Gasteiger partial charge in [0.25, 0.3) is 0 Å². The van der Waals surface area contributed by atoms with Crippen molar-refractivity contribution in [1.29, 1.82) is 0 Å². The van der Waals surface area contributed by atoms with E-state index in [0.717, 1.165) is 51.4 Å². The van der Waals surface area contributed by atoms with Gasteiger partial charge >= 0.3 is 11.9 Å². The van der Waals surface area contributed by atoms with Crippen LogP contribution in [0.5, 0.6) is 0 Å². The SMILES string of the molecule is CCCCC(CC)COC(=O)CC(=O)OCC(CC)CCCC. The molecule has 0 aliphatic carbocycles. The Morgan fingerprint density at radius 3 is 1.43 bits per heavy atom. The second kappa shape index (κ2) is 14.5. The Labute approximate surface area is 142 Å². The maximum atomic E-state index is 11.7. The summed E-state index contributed by atoms with van der Waals surface area (Å²) in [7, 11) is 0. The zero-order valence-corrected chi connectivity index (χ0v) is 15.6. The Bertz CT molecular complexity index is 284. The molecule has 0 aliphatic heterocycles. The first-order valence-corrected chi connectivity index (χ1v) is 9.38. The highest BCUT2D eigenvalue weighted by atomic mass is 16.6. The minimum absolute atomic E-state index is 0.269. The van der Waals surface area contributed by atoms with E-state index >= 15 is 0 Å². The number of hydrogen-bond donors (Lipinski definition) is 0. The van der Waals surface area contributed by atoms with Crippen molar-refractivity contribution in [3.05, 3.63) is 0 Å². The second-order valence-corrected chi connectivity index (χ2v) is 6.38. The normalized spacial score (nSPS) is 13.4. The van der Waals surface area contributed by atoms with E-state index < -0.39 is 11.9 Å². The average Bonchev–Trinajstić information content (AvgIpc) is 2.55. The number of unbranched alkanes of at least 4 members (excludes halogenated alkanes) is 2. The lowest BCUT2D eigenvalue weighted by Crippen LogP contribution is -2.20. The molecule has 0 saturated heterocycles. The lowest BCUT2D eigenvalue weighted by atomic mass is 10.0. The molecule has 0 aromatic rings. The highest BCUT2D eigenvalue weighted by molar-refractivity contribution is 5.91. The van der Waals surface area contributed by atoms with Gasteiger partial charge in [-0.2, -0.15) is 0 Å². The highest BCUT2D eigenvalue weighted by Crippen LogP contribution is 2.14. The van der Waals surface area contributed by atoms with Crippen LogP contribution in [-0.4, -0.2) is 25.2 Å². The predicted molar refractivity (Wildman–Crippen MR) is 93.1 cm³/mol. The third-order valence-corrected chi connectivity index (χ3v) is 4.34. The molecule has 0 radical (unpaired) electrons. The molecule has 0 rings (SSSR count). The van der Waals surface area contributed by atoms with Gasteiger partial charge in [0.05, 0.1) is 13.2 Å². The number of carbonyl (C=O) groups excluding carboxylic acids is 2. The van der Waals surface area contributed by atoms with Crippen LogP contribution in [0.15, 0.2) is 0 Å². The summed E-state index contributed by atoms with van der Waals surface area (Å²) < 4.78 is 10.4. The van der Waals surface area contributed by atoms with Crippen molar-refractivity contribution in [2.24, 2.45) is 11.8 Å². The van der Waals surface area contributed by atoms with Gasteiger partial charge in [-0.25, -0.2) is 0 Å². The van der Waals surface area contributed by atoms with Crippen molar-refractivity contribution in [3.63, 3.8) is 0 Å². The summed E-state index contributed by atoms with van der Waals surface area (Å²) >= 11 is 0. The molecular formula is C19H36O4. The molecule has 2 unspecified atom stereocenters. The van der Waals surface area contributed by atoms with E-state index in [2.05, 4.69) is 27.7 Å². The summed E-state index contributed by atoms with van der Waals surface area (Å²) in [6.07, 6.45) is 8.44. The fraction of sp³-hybridized carbons (Fsp3) is 0.895. The molecule has 0 aliphatic rings. The third kappa shape index (κ3) is 12.1. The third-order valence-electron chi connectivity index (χ3n) is 4.34. The Kier molecular flexibility index (Phi) is 13.9. The van der Waals surface area contributed by atoms with Gasteiger partial charge in [0.15, 0.2) is 0 Å². The minimum atomic E-state index is -0.466. The molecule has 4 nitrogen and oxygen atoms in total. The summed E-state index contributed by atoms with van der Waals surface area (Å²) in [6.45, 7) is 9.33. The molecule has 0 aromatic carbocycles. The van der Waals surface area contributed by atoms with Crippen molar-refractivity contribution in [2.75, 3.05) is 13.2 Å². The second-order valence-electron chi connectivity index (χ2n) is 6.38. The Morgan fingerprint density at radius 2 is 1.13 bits per heavy atom. The molecule has 0 heterocycles. The summed E-state index contributed by atoms with van der Waals surface area (Å²) in [4.78, 5) is 23.4. The zero-order chi connectivity index (χ0) is 17.5. The molecule has 136 valence electrons. The van der Waals surface area contributed by atoms with E-state index in [0.29, 0.717) is 25.0 Å². The number of hydrogen-bond acceptors (Lipinski definition) is 4. The first-order valence-electron chi connectivity index (χ1n) is 9.38. The fourth-order valence-electron chi connectivity index (χ4n) is 2.44. The summed E-state index contributed by atoms with van der Waals surface area (Å²) in [5, 5.41) is 0. The van der Waals surface area contributed by atoms with E-state index in [1.165, 1.54) is 0 Å². The summed E-state index contributed by atoms with van der Waals surface area (Å²) in [5.41, 5.74) is 0. The number of esters is 2. The number of ether oxygens (including phenoxy) is 2. The van der Waals surface area contributed by atoms with Crippen LogP contribution in [0.25, 0.3) is 0 Å². The predicted octanol–water partition coefficient (Wildman–Crippen LogP) is 4.90. The van der Waals surface area contributed by atoms with Gasteiger partial charge < -0.3 is 9.47 Å². The number of rotatable bonds is 14. The smallest absolute Gasteiger partial charge is 0.317 e. The van der Waals surface area contributed by atoms with Crippen LogP contribution in [0.4, 0.5) is 0 Å². The molecule has 2 atom stereocenters. The van der Waals surface area contributed by atoms with Crippen molar-refractivity contribution in [2.45, 2.75) is 85.5 Å². The molecule has 0 bridgehead atoms. The molecular weight excluding hydrogens is 292 g/mol. The van der Waals surface area contributed by atoms with Crippen LogP contribution in [0.1, 0.15) is 85.5 Å². The van der Waals surface area contributed by atoms with Crippen LogP contribution in [0, 0.1) is 11.8 Å². The molecule has 0 saturated carbocycles. The fourth-order valence-corrected chi connectivity index (χ4v) is 2.44. The largest absolute Gasteiger partial charge is 0.465 e. The minimum Gasteiger partial charge on any atom is -0.465 e. The summed E-state index contributed by atoms with van der Waals surface area (Å²) in [5.74, 6) is -0.139. The first-order chi connectivity index (χ1) is 11.1. The Balaban J connectivity index is 3.93. The summed E-state index contributed by atoms with van der Waals surface area (Å²) in [6, 6.07) is 0. The molecule has 0 aromatic heterocycles. The highest BCUT2D eigenvalue weighted by Gasteiger charge is 2.16.